The molecule has 0 unspecified atom stereocenters. The number of nitrogens with one attached hydrogen (secondary N) is 2. The van der Waals surface area contributed by atoms with Crippen molar-refractivity contribution in [1.29, 1.82) is 0 Å². The first-order valence-electron chi connectivity index (χ1n) is 11.8. The van der Waals surface area contributed by atoms with Crippen LogP contribution in [0.4, 0.5) is 0 Å². The van der Waals surface area contributed by atoms with E-state index in [-0.39, 0.29) is 11.8 Å². The lowest BCUT2D eigenvalue weighted by Gasteiger charge is -2.36. The number of imide groups is 1. The Morgan fingerprint density at radius 2 is 1.65 bits per heavy atom. The third-order valence-corrected chi connectivity index (χ3v) is 6.91. The summed E-state index contributed by atoms with van der Waals surface area (Å²) in [5, 5.41) is 6.95. The summed E-state index contributed by atoms with van der Waals surface area (Å²) in [6.45, 7) is 3.59. The van der Waals surface area contributed by atoms with Gasteiger partial charge in [-0.05, 0) is 50.7 Å². The third kappa shape index (κ3) is 5.09. The Kier molecular flexibility index (Phi) is 7.22. The Bertz CT molecular complexity index is 775. The fraction of sp³-hybridized carbons (Fsp3) is 0.625. The Hall–Kier alpha value is -2.41. The molecule has 4 rings (SSSR count). The number of unbranched alkanes of at least 4 members (excludes halogenated alkanes) is 1. The molecule has 2 heterocycles. The van der Waals surface area contributed by atoms with Crippen LogP contribution in [-0.4, -0.2) is 72.9 Å². The third-order valence-electron chi connectivity index (χ3n) is 6.91. The summed E-state index contributed by atoms with van der Waals surface area (Å²) in [4.78, 5) is 33.2. The summed E-state index contributed by atoms with van der Waals surface area (Å²) in [5.41, 5.74) is 1.04. The number of fused-ring (bicyclic) bond motifs is 1. The normalized spacial score (nSPS) is 21.1. The second-order valence-electron chi connectivity index (χ2n) is 8.91. The van der Waals surface area contributed by atoms with Gasteiger partial charge in [0, 0.05) is 45.3 Å². The maximum absolute atomic E-state index is 12.4. The van der Waals surface area contributed by atoms with E-state index in [1.54, 1.807) is 24.3 Å². The molecule has 0 radical (unpaired) electrons. The molecule has 2 amide bonds. The number of aliphatic imine (C=N–C) groups is 1. The Balaban J connectivity index is 1.13. The monoisotopic (exact) mass is 425 g/mol. The molecular weight excluding hydrogens is 390 g/mol. The van der Waals surface area contributed by atoms with E-state index >= 15 is 0 Å². The van der Waals surface area contributed by atoms with Crippen LogP contribution in [0.5, 0.6) is 0 Å². The van der Waals surface area contributed by atoms with Gasteiger partial charge in [-0.3, -0.25) is 19.5 Å². The smallest absolute Gasteiger partial charge is 0.261 e. The zero-order valence-corrected chi connectivity index (χ0v) is 18.6. The molecule has 0 aromatic heterocycles. The molecule has 1 aliphatic carbocycles. The molecule has 1 saturated heterocycles. The molecule has 168 valence electrons. The van der Waals surface area contributed by atoms with E-state index in [1.807, 2.05) is 7.05 Å². The fourth-order valence-corrected chi connectivity index (χ4v) is 5.11. The molecule has 2 aliphatic heterocycles. The van der Waals surface area contributed by atoms with Gasteiger partial charge < -0.3 is 15.5 Å². The molecule has 1 aromatic carbocycles. The predicted octanol–water partition coefficient (Wildman–Crippen LogP) is 2.63. The van der Waals surface area contributed by atoms with Gasteiger partial charge >= 0.3 is 0 Å². The van der Waals surface area contributed by atoms with Crippen molar-refractivity contribution in [3.05, 3.63) is 35.4 Å². The maximum atomic E-state index is 12.4. The summed E-state index contributed by atoms with van der Waals surface area (Å²) >= 11 is 0. The van der Waals surface area contributed by atoms with Crippen LogP contribution < -0.4 is 10.6 Å². The molecule has 0 spiro atoms. The quantitative estimate of drug-likeness (QED) is 0.304. The molecule has 7 heteroatoms. The van der Waals surface area contributed by atoms with E-state index in [0.717, 1.165) is 44.2 Å². The first-order valence-corrected chi connectivity index (χ1v) is 11.8. The molecule has 1 aromatic rings. The molecule has 2 fully saturated rings. The van der Waals surface area contributed by atoms with E-state index in [9.17, 15) is 9.59 Å². The van der Waals surface area contributed by atoms with Gasteiger partial charge in [0.2, 0.25) is 0 Å². The number of amides is 2. The average Bonchev–Trinajstić information content (AvgIpc) is 3.42. The Morgan fingerprint density at radius 3 is 2.26 bits per heavy atom. The zero-order chi connectivity index (χ0) is 21.6. The standard InChI is InChI=1S/C24H35N5O2/c1-25-24(27-18-12-16-28(17-13-18)19-8-2-3-9-19)26-14-6-7-15-29-22(30)20-10-4-5-11-21(20)23(29)31/h4-5,10-11,18-19H,2-3,6-9,12-17H2,1H3,(H2,25,26,27). The topological polar surface area (TPSA) is 77.0 Å². The van der Waals surface area contributed by atoms with Crippen molar-refractivity contribution < 1.29 is 9.59 Å². The van der Waals surface area contributed by atoms with Crippen molar-refractivity contribution in [3.8, 4) is 0 Å². The number of guanidine groups is 1. The van der Waals surface area contributed by atoms with Crippen LogP contribution in [-0.2, 0) is 0 Å². The highest BCUT2D eigenvalue weighted by molar-refractivity contribution is 6.21. The average molecular weight is 426 g/mol. The summed E-state index contributed by atoms with van der Waals surface area (Å²) in [7, 11) is 1.81. The second-order valence-corrected chi connectivity index (χ2v) is 8.91. The summed E-state index contributed by atoms with van der Waals surface area (Å²) < 4.78 is 0. The van der Waals surface area contributed by atoms with Gasteiger partial charge in [-0.15, -0.1) is 0 Å². The van der Waals surface area contributed by atoms with E-state index in [2.05, 4.69) is 20.5 Å². The number of nitrogens with zero attached hydrogens (tertiary/aromatic N) is 3. The van der Waals surface area contributed by atoms with Crippen LogP contribution >= 0.6 is 0 Å². The summed E-state index contributed by atoms with van der Waals surface area (Å²) in [5.74, 6) is 0.505. The Labute approximate surface area is 185 Å². The van der Waals surface area contributed by atoms with E-state index in [1.165, 1.54) is 43.7 Å². The lowest BCUT2D eigenvalue weighted by atomic mass is 10.0. The van der Waals surface area contributed by atoms with E-state index in [4.69, 9.17) is 0 Å². The van der Waals surface area contributed by atoms with Crippen LogP contribution in [0.3, 0.4) is 0 Å². The summed E-state index contributed by atoms with van der Waals surface area (Å²) in [6, 6.07) is 8.35. The number of benzene rings is 1. The minimum atomic E-state index is -0.171. The van der Waals surface area contributed by atoms with Crippen molar-refractivity contribution in [2.75, 3.05) is 33.2 Å². The van der Waals surface area contributed by atoms with Gasteiger partial charge in [-0.1, -0.05) is 25.0 Å². The van der Waals surface area contributed by atoms with Gasteiger partial charge in [0.25, 0.3) is 11.8 Å². The van der Waals surface area contributed by atoms with Gasteiger partial charge in [-0.25, -0.2) is 0 Å². The van der Waals surface area contributed by atoms with Gasteiger partial charge in [0.15, 0.2) is 5.96 Å². The predicted molar refractivity (Wildman–Crippen MR) is 122 cm³/mol. The van der Waals surface area contributed by atoms with Gasteiger partial charge in [0.05, 0.1) is 11.1 Å². The van der Waals surface area contributed by atoms with Gasteiger partial charge in [0.1, 0.15) is 0 Å². The molecule has 1 saturated carbocycles. The van der Waals surface area contributed by atoms with E-state index in [0.29, 0.717) is 23.7 Å². The minimum absolute atomic E-state index is 0.171. The van der Waals surface area contributed by atoms with Crippen molar-refractivity contribution in [3.63, 3.8) is 0 Å². The molecule has 3 aliphatic rings. The van der Waals surface area contributed by atoms with Crippen LogP contribution in [0.25, 0.3) is 0 Å². The van der Waals surface area contributed by atoms with Crippen LogP contribution in [0.15, 0.2) is 29.3 Å². The Morgan fingerprint density at radius 1 is 1.00 bits per heavy atom. The lowest BCUT2D eigenvalue weighted by Crippen LogP contribution is -2.50. The van der Waals surface area contributed by atoms with Crippen molar-refractivity contribution in [2.24, 2.45) is 4.99 Å². The number of rotatable bonds is 7. The highest BCUT2D eigenvalue weighted by Gasteiger charge is 2.34. The number of carbonyl (C=O) groups is 2. The minimum Gasteiger partial charge on any atom is -0.356 e. The maximum Gasteiger partial charge on any atom is 0.261 e. The first kappa shape index (κ1) is 21.8. The molecule has 0 bridgehead atoms. The zero-order valence-electron chi connectivity index (χ0n) is 18.6. The number of piperidine rings is 1. The van der Waals surface area contributed by atoms with Crippen molar-refractivity contribution in [2.45, 2.75) is 63.5 Å². The van der Waals surface area contributed by atoms with E-state index < -0.39 is 0 Å². The molecule has 7 nitrogen and oxygen atoms in total. The highest BCUT2D eigenvalue weighted by atomic mass is 16.2. The van der Waals surface area contributed by atoms with Crippen molar-refractivity contribution in [1.82, 2.24) is 20.4 Å². The second kappa shape index (κ2) is 10.3. The number of carbonyl (C=O) groups excluding carboxylic acids is 2. The SMILES string of the molecule is CN=C(NCCCCN1C(=O)c2ccccc2C1=O)NC1CCN(C2CCCC2)CC1. The number of likely N-dealkylation sites (tertiary alicyclic amines) is 1. The van der Waals surface area contributed by atoms with Crippen LogP contribution in [0.2, 0.25) is 0 Å². The number of hydrogen-bond donors (Lipinski definition) is 2. The fourth-order valence-electron chi connectivity index (χ4n) is 5.11. The first-order chi connectivity index (χ1) is 15.2. The molecule has 2 N–H and O–H groups in total. The summed E-state index contributed by atoms with van der Waals surface area (Å²) in [6.07, 6.45) is 9.51. The van der Waals surface area contributed by atoms with Crippen LogP contribution in [0.1, 0.15) is 72.1 Å². The number of hydrogen-bond acceptors (Lipinski definition) is 4. The lowest BCUT2D eigenvalue weighted by molar-refractivity contribution is 0.0652. The highest BCUT2D eigenvalue weighted by Crippen LogP contribution is 2.26. The van der Waals surface area contributed by atoms with Crippen molar-refractivity contribution >= 4 is 17.8 Å². The van der Waals surface area contributed by atoms with Gasteiger partial charge in [-0.2, -0.15) is 0 Å². The van der Waals surface area contributed by atoms with Crippen LogP contribution in [0, 0.1) is 0 Å². The molecular formula is C24H35N5O2. The molecule has 31 heavy (non-hydrogen) atoms. The largest absolute Gasteiger partial charge is 0.356 e. The molecule has 0 atom stereocenters.